The number of allylic oxidation sites excluding steroid dienone is 2. The van der Waals surface area contributed by atoms with E-state index in [2.05, 4.69) is 42.5 Å². The summed E-state index contributed by atoms with van der Waals surface area (Å²) in [5.74, 6) is 0. The Labute approximate surface area is 107 Å². The highest BCUT2D eigenvalue weighted by Crippen LogP contribution is 2.29. The zero-order valence-corrected chi connectivity index (χ0v) is 9.99. The molecule has 0 N–H and O–H groups in total. The minimum Gasteiger partial charge on any atom is -0.489 e. The van der Waals surface area contributed by atoms with Gasteiger partial charge in [-0.2, -0.15) is 0 Å². The van der Waals surface area contributed by atoms with Gasteiger partial charge in [0.05, 0.1) is 6.26 Å². The van der Waals surface area contributed by atoms with Crippen molar-refractivity contribution in [2.24, 2.45) is 0 Å². The smallest absolute Gasteiger partial charge is 0.142 e. The minimum absolute atomic E-state index is 0.00593. The van der Waals surface area contributed by atoms with Gasteiger partial charge in [-0.1, -0.05) is 60.7 Å². The van der Waals surface area contributed by atoms with Crippen molar-refractivity contribution in [3.05, 3.63) is 90.2 Å². The van der Waals surface area contributed by atoms with Crippen LogP contribution in [0.5, 0.6) is 0 Å². The molecule has 0 saturated carbocycles. The molecule has 1 heterocycles. The lowest BCUT2D eigenvalue weighted by molar-refractivity contribution is 0.187. The first kappa shape index (κ1) is 10.8. The number of hydrogen-bond donors (Lipinski definition) is 0. The largest absolute Gasteiger partial charge is 0.489 e. The van der Waals surface area contributed by atoms with Crippen molar-refractivity contribution >= 4 is 5.57 Å². The van der Waals surface area contributed by atoms with E-state index in [1.807, 2.05) is 30.3 Å². The molecule has 0 bridgehead atoms. The molecule has 2 aromatic rings. The second-order valence-corrected chi connectivity index (χ2v) is 4.26. The van der Waals surface area contributed by atoms with Crippen LogP contribution in [0, 0.1) is 0 Å². The summed E-state index contributed by atoms with van der Waals surface area (Å²) in [5.41, 5.74) is 3.60. The molecule has 0 amide bonds. The van der Waals surface area contributed by atoms with Gasteiger partial charge in [-0.05, 0) is 28.9 Å². The number of rotatable bonds is 2. The fourth-order valence-corrected chi connectivity index (χ4v) is 2.10. The fourth-order valence-electron chi connectivity index (χ4n) is 2.10. The second kappa shape index (κ2) is 4.92. The molecule has 1 aliphatic rings. The zero-order valence-electron chi connectivity index (χ0n) is 9.99. The van der Waals surface area contributed by atoms with E-state index in [-0.39, 0.29) is 6.10 Å². The second-order valence-electron chi connectivity index (χ2n) is 4.26. The van der Waals surface area contributed by atoms with Crippen LogP contribution in [0.3, 0.4) is 0 Å². The standard InChI is InChI=1S/C17H14O/c1-3-7-14(8-4-1)16-11-12-18-17(13-16)15-9-5-2-6-10-15/h1-13,17H. The maximum absolute atomic E-state index is 5.66. The molecule has 18 heavy (non-hydrogen) atoms. The zero-order chi connectivity index (χ0) is 12.2. The molecule has 0 aromatic heterocycles. The van der Waals surface area contributed by atoms with Crippen molar-refractivity contribution in [1.29, 1.82) is 0 Å². The van der Waals surface area contributed by atoms with E-state index in [1.165, 1.54) is 16.7 Å². The Bertz CT molecular complexity index is 567. The van der Waals surface area contributed by atoms with E-state index in [0.29, 0.717) is 0 Å². The molecule has 1 nitrogen and oxygen atoms in total. The van der Waals surface area contributed by atoms with Gasteiger partial charge in [0.2, 0.25) is 0 Å². The summed E-state index contributed by atoms with van der Waals surface area (Å²) in [7, 11) is 0. The van der Waals surface area contributed by atoms with E-state index in [9.17, 15) is 0 Å². The molecule has 1 atom stereocenters. The van der Waals surface area contributed by atoms with Crippen LogP contribution in [-0.4, -0.2) is 0 Å². The molecule has 88 valence electrons. The molecule has 2 aromatic carbocycles. The van der Waals surface area contributed by atoms with Gasteiger partial charge in [0.15, 0.2) is 0 Å². The Morgan fingerprint density at radius 2 is 1.44 bits per heavy atom. The van der Waals surface area contributed by atoms with Crippen LogP contribution in [-0.2, 0) is 4.74 Å². The SMILES string of the molecule is C1=CC(c2ccccc2)=CC(c2ccccc2)O1. The molecular formula is C17H14O. The van der Waals surface area contributed by atoms with E-state index in [1.54, 1.807) is 6.26 Å². The van der Waals surface area contributed by atoms with Crippen LogP contribution in [0.2, 0.25) is 0 Å². The maximum atomic E-state index is 5.66. The van der Waals surface area contributed by atoms with Crippen molar-refractivity contribution in [1.82, 2.24) is 0 Å². The Morgan fingerprint density at radius 1 is 0.778 bits per heavy atom. The molecule has 3 rings (SSSR count). The van der Waals surface area contributed by atoms with Crippen LogP contribution in [0.4, 0.5) is 0 Å². The van der Waals surface area contributed by atoms with E-state index >= 15 is 0 Å². The lowest BCUT2D eigenvalue weighted by atomic mass is 9.99. The first-order valence-electron chi connectivity index (χ1n) is 6.08. The van der Waals surface area contributed by atoms with Gasteiger partial charge in [0.25, 0.3) is 0 Å². The average Bonchev–Trinajstić information content (AvgIpc) is 2.49. The molecule has 0 aliphatic carbocycles. The first-order valence-corrected chi connectivity index (χ1v) is 6.08. The predicted molar refractivity (Wildman–Crippen MR) is 73.8 cm³/mol. The Morgan fingerprint density at radius 3 is 2.17 bits per heavy atom. The van der Waals surface area contributed by atoms with Gasteiger partial charge in [-0.15, -0.1) is 0 Å². The summed E-state index contributed by atoms with van der Waals surface area (Å²) in [6, 6.07) is 20.6. The van der Waals surface area contributed by atoms with Crippen LogP contribution >= 0.6 is 0 Å². The Hall–Kier alpha value is -2.28. The van der Waals surface area contributed by atoms with Crippen LogP contribution in [0.15, 0.2) is 79.1 Å². The van der Waals surface area contributed by atoms with Crippen LogP contribution < -0.4 is 0 Å². The van der Waals surface area contributed by atoms with Crippen molar-refractivity contribution in [2.45, 2.75) is 6.10 Å². The van der Waals surface area contributed by atoms with Gasteiger partial charge in [0.1, 0.15) is 6.10 Å². The molecular weight excluding hydrogens is 220 g/mol. The Balaban J connectivity index is 1.93. The molecule has 1 unspecified atom stereocenters. The minimum atomic E-state index is 0.00593. The van der Waals surface area contributed by atoms with Crippen LogP contribution in [0.25, 0.3) is 5.57 Å². The van der Waals surface area contributed by atoms with Gasteiger partial charge < -0.3 is 4.74 Å². The highest BCUT2D eigenvalue weighted by molar-refractivity contribution is 5.75. The van der Waals surface area contributed by atoms with E-state index in [4.69, 9.17) is 4.74 Å². The monoisotopic (exact) mass is 234 g/mol. The molecule has 0 saturated heterocycles. The maximum Gasteiger partial charge on any atom is 0.142 e. The Kier molecular flexibility index (Phi) is 2.97. The van der Waals surface area contributed by atoms with E-state index in [0.717, 1.165) is 0 Å². The predicted octanol–water partition coefficient (Wildman–Crippen LogP) is 4.36. The molecule has 1 heteroatoms. The third-order valence-electron chi connectivity index (χ3n) is 3.04. The molecule has 1 aliphatic heterocycles. The van der Waals surface area contributed by atoms with Gasteiger partial charge in [-0.25, -0.2) is 0 Å². The van der Waals surface area contributed by atoms with E-state index < -0.39 is 0 Å². The lowest BCUT2D eigenvalue weighted by Crippen LogP contribution is -2.01. The van der Waals surface area contributed by atoms with Gasteiger partial charge >= 0.3 is 0 Å². The summed E-state index contributed by atoms with van der Waals surface area (Å²) in [5, 5.41) is 0. The number of benzene rings is 2. The van der Waals surface area contributed by atoms with Crippen molar-refractivity contribution in [3.63, 3.8) is 0 Å². The third-order valence-corrected chi connectivity index (χ3v) is 3.04. The normalized spacial score (nSPS) is 18.0. The average molecular weight is 234 g/mol. The summed E-state index contributed by atoms with van der Waals surface area (Å²) < 4.78 is 5.66. The topological polar surface area (TPSA) is 9.23 Å². The fraction of sp³-hybridized carbons (Fsp3) is 0.0588. The van der Waals surface area contributed by atoms with Crippen molar-refractivity contribution < 1.29 is 4.74 Å². The summed E-state index contributed by atoms with van der Waals surface area (Å²) in [4.78, 5) is 0. The highest BCUT2D eigenvalue weighted by atomic mass is 16.5. The molecule has 0 spiro atoms. The summed E-state index contributed by atoms with van der Waals surface area (Å²) in [6.45, 7) is 0. The van der Waals surface area contributed by atoms with Crippen molar-refractivity contribution in [3.8, 4) is 0 Å². The summed E-state index contributed by atoms with van der Waals surface area (Å²) in [6.07, 6.45) is 5.95. The lowest BCUT2D eigenvalue weighted by Gasteiger charge is -2.18. The molecule has 0 radical (unpaired) electrons. The highest BCUT2D eigenvalue weighted by Gasteiger charge is 2.13. The van der Waals surface area contributed by atoms with Crippen molar-refractivity contribution in [2.75, 3.05) is 0 Å². The summed E-state index contributed by atoms with van der Waals surface area (Å²) >= 11 is 0. The molecule has 0 fully saturated rings. The number of ether oxygens (including phenoxy) is 1. The third kappa shape index (κ3) is 2.21. The van der Waals surface area contributed by atoms with Gasteiger partial charge in [0, 0.05) is 0 Å². The number of hydrogen-bond acceptors (Lipinski definition) is 1. The van der Waals surface area contributed by atoms with Gasteiger partial charge in [-0.3, -0.25) is 0 Å². The van der Waals surface area contributed by atoms with Crippen LogP contribution in [0.1, 0.15) is 17.2 Å². The first-order chi connectivity index (χ1) is 8.93. The quantitative estimate of drug-likeness (QED) is 0.750.